The van der Waals surface area contributed by atoms with Crippen molar-refractivity contribution < 1.29 is 9.47 Å². The van der Waals surface area contributed by atoms with Gasteiger partial charge in [-0.3, -0.25) is 0 Å². The predicted octanol–water partition coefficient (Wildman–Crippen LogP) is 2.35. The molecule has 3 aromatic rings. The lowest BCUT2D eigenvalue weighted by molar-refractivity contribution is -0.0447. The summed E-state index contributed by atoms with van der Waals surface area (Å²) in [5, 5.41) is 18.8. The van der Waals surface area contributed by atoms with E-state index in [-0.39, 0.29) is 6.10 Å². The third-order valence-corrected chi connectivity index (χ3v) is 4.12. The van der Waals surface area contributed by atoms with E-state index in [9.17, 15) is 0 Å². The number of aromatic nitrogens is 5. The number of hydrogen-bond acceptors (Lipinski definition) is 7. The van der Waals surface area contributed by atoms with Crippen LogP contribution in [-0.4, -0.2) is 44.6 Å². The number of benzene rings is 1. The van der Waals surface area contributed by atoms with Gasteiger partial charge in [0.1, 0.15) is 0 Å². The molecule has 2 aromatic heterocycles. The normalized spacial score (nSPS) is 17.7. The van der Waals surface area contributed by atoms with Crippen molar-refractivity contribution in [1.29, 1.82) is 0 Å². The summed E-state index contributed by atoms with van der Waals surface area (Å²) in [5.74, 6) is 0.675. The van der Waals surface area contributed by atoms with E-state index in [0.717, 1.165) is 30.7 Å². The molecule has 25 heavy (non-hydrogen) atoms. The molecule has 0 aliphatic carbocycles. The van der Waals surface area contributed by atoms with Crippen LogP contribution in [0.4, 0.5) is 11.5 Å². The van der Waals surface area contributed by atoms with Crippen LogP contribution in [0.15, 0.2) is 36.4 Å². The summed E-state index contributed by atoms with van der Waals surface area (Å²) in [6, 6.07) is 11.7. The van der Waals surface area contributed by atoms with Gasteiger partial charge in [0.15, 0.2) is 11.5 Å². The minimum atomic E-state index is 0.238. The smallest absolute Gasteiger partial charge is 0.200 e. The van der Waals surface area contributed by atoms with E-state index >= 15 is 0 Å². The summed E-state index contributed by atoms with van der Waals surface area (Å²) in [7, 11) is 0. The topological polar surface area (TPSA) is 86.5 Å². The van der Waals surface area contributed by atoms with Gasteiger partial charge in [0.25, 0.3) is 0 Å². The van der Waals surface area contributed by atoms with Crippen LogP contribution in [0.2, 0.25) is 0 Å². The average molecular weight is 340 g/mol. The van der Waals surface area contributed by atoms with Gasteiger partial charge in [-0.15, -0.1) is 14.8 Å². The van der Waals surface area contributed by atoms with Gasteiger partial charge in [0.2, 0.25) is 0 Å². The first-order valence-corrected chi connectivity index (χ1v) is 8.47. The van der Waals surface area contributed by atoms with E-state index in [1.807, 2.05) is 36.4 Å². The van der Waals surface area contributed by atoms with Crippen LogP contribution in [0.3, 0.4) is 0 Å². The largest absolute Gasteiger partial charge is 0.376 e. The Morgan fingerprint density at radius 3 is 3.16 bits per heavy atom. The van der Waals surface area contributed by atoms with Crippen LogP contribution < -0.4 is 5.32 Å². The second-order valence-electron chi connectivity index (χ2n) is 6.07. The number of hydrogen-bond donors (Lipinski definition) is 1. The minimum absolute atomic E-state index is 0.238. The maximum Gasteiger partial charge on any atom is 0.200 e. The fourth-order valence-corrected chi connectivity index (χ4v) is 2.85. The standard InChI is InChI=1S/C17H20N6O2/c1-2-9-25-15(6-1)12-24-11-13-4-3-5-14(10-13)18-16-7-8-17-19-21-22-23(17)20-16/h3-5,7-8,10,15H,1-2,6,9,11-12H2,(H,18,20). The fraction of sp³-hybridized carbons (Fsp3) is 0.412. The summed E-state index contributed by atoms with van der Waals surface area (Å²) in [4.78, 5) is 0. The van der Waals surface area contributed by atoms with Gasteiger partial charge < -0.3 is 14.8 Å². The van der Waals surface area contributed by atoms with Gasteiger partial charge in [-0.2, -0.15) is 0 Å². The number of ether oxygens (including phenoxy) is 2. The zero-order valence-corrected chi connectivity index (χ0v) is 13.8. The molecule has 3 heterocycles. The van der Waals surface area contributed by atoms with Crippen LogP contribution in [0.5, 0.6) is 0 Å². The highest BCUT2D eigenvalue weighted by atomic mass is 16.5. The zero-order valence-electron chi connectivity index (χ0n) is 13.8. The lowest BCUT2D eigenvalue weighted by atomic mass is 10.1. The number of fused-ring (bicyclic) bond motifs is 1. The molecule has 8 nitrogen and oxygen atoms in total. The van der Waals surface area contributed by atoms with Crippen molar-refractivity contribution in [3.63, 3.8) is 0 Å². The SMILES string of the molecule is c1cc(COCC2CCCCO2)cc(Nc2ccc3nnnn3n2)c1. The van der Waals surface area contributed by atoms with Crippen molar-refractivity contribution in [1.82, 2.24) is 25.3 Å². The van der Waals surface area contributed by atoms with E-state index in [4.69, 9.17) is 9.47 Å². The molecule has 1 atom stereocenters. The lowest BCUT2D eigenvalue weighted by Crippen LogP contribution is -2.24. The fourth-order valence-electron chi connectivity index (χ4n) is 2.85. The Bertz CT molecular complexity index is 831. The molecule has 130 valence electrons. The van der Waals surface area contributed by atoms with Crippen LogP contribution in [0.1, 0.15) is 24.8 Å². The van der Waals surface area contributed by atoms with Crippen LogP contribution in [-0.2, 0) is 16.1 Å². The molecule has 0 spiro atoms. The monoisotopic (exact) mass is 340 g/mol. The van der Waals surface area contributed by atoms with Gasteiger partial charge in [-0.05, 0) is 59.5 Å². The second-order valence-corrected chi connectivity index (χ2v) is 6.07. The van der Waals surface area contributed by atoms with Crippen LogP contribution in [0.25, 0.3) is 5.65 Å². The summed E-state index contributed by atoms with van der Waals surface area (Å²) in [6.45, 7) is 2.07. The molecule has 0 radical (unpaired) electrons. The first kappa shape index (κ1) is 15.9. The van der Waals surface area contributed by atoms with Crippen molar-refractivity contribution in [2.45, 2.75) is 32.0 Å². The zero-order chi connectivity index (χ0) is 16.9. The summed E-state index contributed by atoms with van der Waals surface area (Å²) >= 11 is 0. The molecular weight excluding hydrogens is 320 g/mol. The molecule has 4 rings (SSSR count). The molecule has 1 unspecified atom stereocenters. The lowest BCUT2D eigenvalue weighted by Gasteiger charge is -2.22. The highest BCUT2D eigenvalue weighted by Crippen LogP contribution is 2.18. The Labute approximate surface area is 145 Å². The molecule has 1 fully saturated rings. The molecule has 1 saturated heterocycles. The number of tetrazole rings is 1. The predicted molar refractivity (Wildman–Crippen MR) is 91.5 cm³/mol. The van der Waals surface area contributed by atoms with Gasteiger partial charge in [0.05, 0.1) is 19.3 Å². The van der Waals surface area contributed by atoms with Gasteiger partial charge >= 0.3 is 0 Å². The van der Waals surface area contributed by atoms with Crippen molar-refractivity contribution in [3.8, 4) is 0 Å². The first-order chi connectivity index (χ1) is 12.4. The maximum atomic E-state index is 5.81. The molecule has 8 heteroatoms. The molecule has 0 bridgehead atoms. The average Bonchev–Trinajstić information content (AvgIpc) is 3.11. The molecule has 0 amide bonds. The summed E-state index contributed by atoms with van der Waals surface area (Å²) in [5.41, 5.74) is 2.65. The Morgan fingerprint density at radius 2 is 2.24 bits per heavy atom. The molecule has 1 aromatic carbocycles. The van der Waals surface area contributed by atoms with Gasteiger partial charge in [-0.25, -0.2) is 0 Å². The van der Waals surface area contributed by atoms with Crippen molar-refractivity contribution in [2.24, 2.45) is 0 Å². The van der Waals surface area contributed by atoms with Crippen molar-refractivity contribution in [3.05, 3.63) is 42.0 Å². The van der Waals surface area contributed by atoms with E-state index in [2.05, 4.69) is 25.9 Å². The minimum Gasteiger partial charge on any atom is -0.376 e. The van der Waals surface area contributed by atoms with Gasteiger partial charge in [-0.1, -0.05) is 12.1 Å². The quantitative estimate of drug-likeness (QED) is 0.737. The highest BCUT2D eigenvalue weighted by Gasteiger charge is 2.13. The van der Waals surface area contributed by atoms with Crippen molar-refractivity contribution in [2.75, 3.05) is 18.5 Å². The first-order valence-electron chi connectivity index (χ1n) is 8.47. The summed E-state index contributed by atoms with van der Waals surface area (Å²) in [6.07, 6.45) is 3.72. The number of rotatable bonds is 6. The highest BCUT2D eigenvalue weighted by molar-refractivity contribution is 5.57. The molecule has 1 aliphatic heterocycles. The van der Waals surface area contributed by atoms with E-state index in [1.54, 1.807) is 0 Å². The third-order valence-electron chi connectivity index (χ3n) is 4.12. The second kappa shape index (κ2) is 7.54. The number of nitrogens with zero attached hydrogens (tertiary/aromatic N) is 5. The Balaban J connectivity index is 1.35. The van der Waals surface area contributed by atoms with Crippen molar-refractivity contribution >= 4 is 17.2 Å². The third kappa shape index (κ3) is 4.09. The Kier molecular flexibility index (Phi) is 4.80. The van der Waals surface area contributed by atoms with Crippen LogP contribution in [0, 0.1) is 0 Å². The van der Waals surface area contributed by atoms with Gasteiger partial charge in [0, 0.05) is 12.3 Å². The number of nitrogens with one attached hydrogen (secondary N) is 1. The maximum absolute atomic E-state index is 5.81. The summed E-state index contributed by atoms with van der Waals surface area (Å²) < 4.78 is 12.9. The van der Waals surface area contributed by atoms with E-state index in [0.29, 0.717) is 24.7 Å². The number of anilines is 2. The molecule has 0 saturated carbocycles. The molecule has 1 N–H and O–H groups in total. The van der Waals surface area contributed by atoms with E-state index < -0.39 is 0 Å². The van der Waals surface area contributed by atoms with Crippen LogP contribution >= 0.6 is 0 Å². The Hall–Kier alpha value is -2.58. The Morgan fingerprint density at radius 1 is 1.24 bits per heavy atom. The van der Waals surface area contributed by atoms with E-state index in [1.165, 1.54) is 11.1 Å². The molecule has 1 aliphatic rings. The molecular formula is C17H20N6O2.